The maximum absolute atomic E-state index is 5.72. The Labute approximate surface area is 152 Å². The summed E-state index contributed by atoms with van der Waals surface area (Å²) in [5, 5.41) is 8.04. The van der Waals surface area contributed by atoms with Gasteiger partial charge in [0.15, 0.2) is 6.61 Å². The first kappa shape index (κ1) is 15.7. The largest absolute Gasteiger partial charge is 0.481 e. The Morgan fingerprint density at radius 2 is 1.59 bits per heavy atom. The van der Waals surface area contributed by atoms with Gasteiger partial charge in [0.05, 0.1) is 8.95 Å². The van der Waals surface area contributed by atoms with Crippen LogP contribution in [0.5, 0.6) is 5.75 Å². The molecule has 0 unspecified atom stereocenters. The van der Waals surface area contributed by atoms with Crippen LogP contribution in [0.1, 0.15) is 5.89 Å². The van der Waals surface area contributed by atoms with Gasteiger partial charge in [0.25, 0.3) is 5.89 Å². The number of aromatic nitrogens is 2. The highest BCUT2D eigenvalue weighted by atomic mass is 79.9. The zero-order valence-electron chi connectivity index (χ0n) is 11.1. The molecule has 3 aromatic rings. The number of hydrogen-bond donors (Lipinski definition) is 0. The summed E-state index contributed by atoms with van der Waals surface area (Å²) < 4.78 is 14.1. The van der Waals surface area contributed by atoms with E-state index in [1.54, 1.807) is 0 Å². The van der Waals surface area contributed by atoms with E-state index in [-0.39, 0.29) is 6.61 Å². The first-order chi connectivity index (χ1) is 10.6. The summed E-state index contributed by atoms with van der Waals surface area (Å²) in [5.41, 5.74) is 0.865. The van der Waals surface area contributed by atoms with E-state index in [2.05, 4.69) is 58.0 Å². The Balaban J connectivity index is 1.73. The standard InChI is InChI=1S/C15H9Br3N2O2/c16-10-6-4-9(5-7-10)15-20-19-13(22-15)8-21-14-11(17)2-1-3-12(14)18/h1-7H,8H2. The lowest BCUT2D eigenvalue weighted by Crippen LogP contribution is -1.97. The molecule has 22 heavy (non-hydrogen) atoms. The second-order valence-corrected chi connectivity index (χ2v) is 6.97. The molecule has 2 aromatic carbocycles. The predicted molar refractivity (Wildman–Crippen MR) is 93.6 cm³/mol. The van der Waals surface area contributed by atoms with Crippen molar-refractivity contribution < 1.29 is 9.15 Å². The number of hydrogen-bond acceptors (Lipinski definition) is 4. The molecule has 1 heterocycles. The summed E-state index contributed by atoms with van der Waals surface area (Å²) in [6.45, 7) is 0.199. The fraction of sp³-hybridized carbons (Fsp3) is 0.0667. The molecule has 112 valence electrons. The van der Waals surface area contributed by atoms with Crippen molar-refractivity contribution in [2.45, 2.75) is 6.61 Å². The van der Waals surface area contributed by atoms with E-state index < -0.39 is 0 Å². The number of para-hydroxylation sites is 1. The van der Waals surface area contributed by atoms with Crippen LogP contribution in [-0.2, 0) is 6.61 Å². The van der Waals surface area contributed by atoms with Crippen molar-refractivity contribution in [2.24, 2.45) is 0 Å². The predicted octanol–water partition coefficient (Wildman–Crippen LogP) is 5.60. The molecule has 0 atom stereocenters. The monoisotopic (exact) mass is 486 g/mol. The summed E-state index contributed by atoms with van der Waals surface area (Å²) in [7, 11) is 0. The van der Waals surface area contributed by atoms with Crippen molar-refractivity contribution in [1.29, 1.82) is 0 Å². The maximum Gasteiger partial charge on any atom is 0.254 e. The Morgan fingerprint density at radius 1 is 0.909 bits per heavy atom. The van der Waals surface area contributed by atoms with E-state index >= 15 is 0 Å². The number of halogens is 3. The van der Waals surface area contributed by atoms with E-state index in [9.17, 15) is 0 Å². The lowest BCUT2D eigenvalue weighted by atomic mass is 10.2. The summed E-state index contributed by atoms with van der Waals surface area (Å²) in [6.07, 6.45) is 0. The Hall–Kier alpha value is -1.18. The van der Waals surface area contributed by atoms with Crippen LogP contribution >= 0.6 is 47.8 Å². The summed E-state index contributed by atoms with van der Waals surface area (Å²) >= 11 is 10.3. The second-order valence-electron chi connectivity index (χ2n) is 4.35. The molecule has 0 fully saturated rings. The average molecular weight is 489 g/mol. The van der Waals surface area contributed by atoms with Gasteiger partial charge in [-0.1, -0.05) is 22.0 Å². The quantitative estimate of drug-likeness (QED) is 0.479. The number of benzene rings is 2. The van der Waals surface area contributed by atoms with Crippen molar-refractivity contribution in [2.75, 3.05) is 0 Å². The summed E-state index contributed by atoms with van der Waals surface area (Å²) in [4.78, 5) is 0. The van der Waals surface area contributed by atoms with Gasteiger partial charge in [-0.15, -0.1) is 10.2 Å². The van der Waals surface area contributed by atoms with Crippen molar-refractivity contribution in [3.63, 3.8) is 0 Å². The lowest BCUT2D eigenvalue weighted by Gasteiger charge is -2.07. The average Bonchev–Trinajstić information content (AvgIpc) is 2.96. The normalized spacial score (nSPS) is 10.7. The van der Waals surface area contributed by atoms with Gasteiger partial charge in [-0.2, -0.15) is 0 Å². The molecular formula is C15H9Br3N2O2. The van der Waals surface area contributed by atoms with Crippen molar-refractivity contribution >= 4 is 47.8 Å². The van der Waals surface area contributed by atoms with Crippen LogP contribution in [0.4, 0.5) is 0 Å². The van der Waals surface area contributed by atoms with E-state index in [0.717, 1.165) is 19.0 Å². The van der Waals surface area contributed by atoms with Crippen LogP contribution < -0.4 is 4.74 Å². The smallest absolute Gasteiger partial charge is 0.254 e. The van der Waals surface area contributed by atoms with E-state index in [0.29, 0.717) is 17.5 Å². The highest BCUT2D eigenvalue weighted by Gasteiger charge is 2.11. The van der Waals surface area contributed by atoms with Crippen molar-refractivity contribution in [3.05, 3.63) is 61.8 Å². The molecule has 1 aromatic heterocycles. The van der Waals surface area contributed by atoms with Crippen LogP contribution in [0, 0.1) is 0 Å². The molecule has 0 spiro atoms. The first-order valence-corrected chi connectivity index (χ1v) is 8.66. The van der Waals surface area contributed by atoms with Gasteiger partial charge in [0.2, 0.25) is 5.89 Å². The van der Waals surface area contributed by atoms with Gasteiger partial charge >= 0.3 is 0 Å². The van der Waals surface area contributed by atoms with E-state index in [4.69, 9.17) is 9.15 Å². The second kappa shape index (κ2) is 6.93. The van der Waals surface area contributed by atoms with Crippen LogP contribution in [0.15, 0.2) is 60.3 Å². The third-order valence-corrected chi connectivity index (χ3v) is 4.59. The fourth-order valence-electron chi connectivity index (χ4n) is 1.78. The van der Waals surface area contributed by atoms with Gasteiger partial charge < -0.3 is 9.15 Å². The number of nitrogens with zero attached hydrogens (tertiary/aromatic N) is 2. The number of rotatable bonds is 4. The molecular weight excluding hydrogens is 480 g/mol. The van der Waals surface area contributed by atoms with Crippen molar-refractivity contribution in [1.82, 2.24) is 10.2 Å². The van der Waals surface area contributed by atoms with Gasteiger partial charge in [0.1, 0.15) is 5.75 Å². The molecule has 0 radical (unpaired) electrons. The SMILES string of the molecule is Brc1ccc(-c2nnc(COc3c(Br)cccc3Br)o2)cc1. The first-order valence-electron chi connectivity index (χ1n) is 6.28. The van der Waals surface area contributed by atoms with Gasteiger partial charge in [-0.3, -0.25) is 0 Å². The Bertz CT molecular complexity index is 767. The summed E-state index contributed by atoms with van der Waals surface area (Å²) in [6, 6.07) is 13.4. The lowest BCUT2D eigenvalue weighted by molar-refractivity contribution is 0.261. The van der Waals surface area contributed by atoms with Crippen LogP contribution in [-0.4, -0.2) is 10.2 Å². The van der Waals surface area contributed by atoms with Crippen LogP contribution in [0.25, 0.3) is 11.5 Å². The molecule has 4 nitrogen and oxygen atoms in total. The van der Waals surface area contributed by atoms with Gasteiger partial charge in [-0.25, -0.2) is 0 Å². The molecule has 0 N–H and O–H groups in total. The molecule has 0 bridgehead atoms. The van der Waals surface area contributed by atoms with Gasteiger partial charge in [0, 0.05) is 10.0 Å². The zero-order chi connectivity index (χ0) is 15.5. The minimum absolute atomic E-state index is 0.199. The Morgan fingerprint density at radius 3 is 2.27 bits per heavy atom. The van der Waals surface area contributed by atoms with E-state index in [1.807, 2.05) is 42.5 Å². The van der Waals surface area contributed by atoms with Crippen LogP contribution in [0.2, 0.25) is 0 Å². The third-order valence-electron chi connectivity index (χ3n) is 2.82. The van der Waals surface area contributed by atoms with Gasteiger partial charge in [-0.05, 0) is 68.3 Å². The highest BCUT2D eigenvalue weighted by molar-refractivity contribution is 9.11. The minimum atomic E-state index is 0.199. The van der Waals surface area contributed by atoms with Crippen molar-refractivity contribution in [3.8, 4) is 17.2 Å². The topological polar surface area (TPSA) is 48.2 Å². The molecule has 0 aliphatic carbocycles. The highest BCUT2D eigenvalue weighted by Crippen LogP contribution is 2.33. The molecule has 0 saturated carbocycles. The Kier molecular flexibility index (Phi) is 4.95. The van der Waals surface area contributed by atoms with E-state index in [1.165, 1.54) is 0 Å². The minimum Gasteiger partial charge on any atom is -0.481 e. The molecule has 0 amide bonds. The fourth-order valence-corrected chi connectivity index (χ4v) is 3.27. The maximum atomic E-state index is 5.72. The van der Waals surface area contributed by atoms with Crippen LogP contribution in [0.3, 0.4) is 0 Å². The molecule has 0 aliphatic heterocycles. The zero-order valence-corrected chi connectivity index (χ0v) is 15.9. The molecule has 0 aliphatic rings. The molecule has 0 saturated heterocycles. The summed E-state index contributed by atoms with van der Waals surface area (Å²) in [5.74, 6) is 1.59. The molecule has 7 heteroatoms. The third kappa shape index (κ3) is 3.59. The number of ether oxygens (including phenoxy) is 1. The molecule has 3 rings (SSSR count).